The van der Waals surface area contributed by atoms with Crippen LogP contribution < -0.4 is 0 Å². The Morgan fingerprint density at radius 1 is 1.20 bits per heavy atom. The number of aliphatic carboxylic acids is 1. The van der Waals surface area contributed by atoms with E-state index in [0.29, 0.717) is 5.82 Å². The molecule has 0 amide bonds. The Kier molecular flexibility index (Phi) is 4.08. The predicted molar refractivity (Wildman–Crippen MR) is 72.0 cm³/mol. The number of aromatic nitrogens is 2. The number of carboxylic acid groups (broad SMARTS) is 1. The second-order valence-electron chi connectivity index (χ2n) is 4.73. The van der Waals surface area contributed by atoms with Crippen molar-refractivity contribution in [3.8, 4) is 0 Å². The molecular weight excluding hydrogens is 259 g/mol. The molecule has 2 aromatic rings. The minimum atomic E-state index is -0.987. The Morgan fingerprint density at radius 3 is 2.25 bits per heavy atom. The third-order valence-electron chi connectivity index (χ3n) is 2.96. The van der Waals surface area contributed by atoms with Crippen molar-refractivity contribution in [1.82, 2.24) is 9.97 Å². The molecule has 0 radical (unpaired) electrons. The van der Waals surface area contributed by atoms with E-state index in [1.165, 1.54) is 12.1 Å². The van der Waals surface area contributed by atoms with Crippen molar-refractivity contribution in [3.05, 3.63) is 58.9 Å². The average molecular weight is 274 g/mol. The monoisotopic (exact) mass is 274 g/mol. The van der Waals surface area contributed by atoms with Crippen molar-refractivity contribution in [2.45, 2.75) is 26.2 Å². The van der Waals surface area contributed by atoms with E-state index in [1.807, 2.05) is 0 Å². The van der Waals surface area contributed by atoms with Crippen molar-refractivity contribution in [1.29, 1.82) is 0 Å². The van der Waals surface area contributed by atoms with Gasteiger partial charge in [-0.2, -0.15) is 0 Å². The Morgan fingerprint density at radius 2 is 1.75 bits per heavy atom. The summed E-state index contributed by atoms with van der Waals surface area (Å²) in [5.41, 5.74) is 2.21. The fourth-order valence-corrected chi connectivity index (χ4v) is 2.05. The van der Waals surface area contributed by atoms with Crippen molar-refractivity contribution in [3.63, 3.8) is 0 Å². The molecule has 4 nitrogen and oxygen atoms in total. The lowest BCUT2D eigenvalue weighted by Crippen LogP contribution is -2.18. The van der Waals surface area contributed by atoms with Crippen molar-refractivity contribution in [2.24, 2.45) is 0 Å². The lowest BCUT2D eigenvalue weighted by atomic mass is 9.98. The van der Waals surface area contributed by atoms with Crippen LogP contribution >= 0.6 is 0 Å². The molecule has 104 valence electrons. The minimum absolute atomic E-state index is 0.235. The lowest BCUT2D eigenvalue weighted by Gasteiger charge is -2.12. The molecule has 1 aromatic carbocycles. The molecular formula is C15H15FN2O2. The molecule has 5 heteroatoms. The van der Waals surface area contributed by atoms with Crippen molar-refractivity contribution >= 4 is 5.97 Å². The maximum absolute atomic E-state index is 12.9. The molecule has 1 unspecified atom stereocenters. The first-order chi connectivity index (χ1) is 9.45. The molecule has 1 aromatic heterocycles. The van der Waals surface area contributed by atoms with E-state index in [2.05, 4.69) is 9.97 Å². The molecule has 0 saturated carbocycles. The van der Waals surface area contributed by atoms with Gasteiger partial charge in [0.15, 0.2) is 0 Å². The van der Waals surface area contributed by atoms with Crippen molar-refractivity contribution in [2.75, 3.05) is 0 Å². The molecule has 0 spiro atoms. The van der Waals surface area contributed by atoms with Gasteiger partial charge in [0.1, 0.15) is 17.6 Å². The van der Waals surface area contributed by atoms with Gasteiger partial charge in [-0.1, -0.05) is 12.1 Å². The fourth-order valence-electron chi connectivity index (χ4n) is 2.05. The first-order valence-corrected chi connectivity index (χ1v) is 6.25. The molecule has 20 heavy (non-hydrogen) atoms. The average Bonchev–Trinajstić information content (AvgIpc) is 2.36. The number of benzene rings is 1. The number of carboxylic acids is 1. The van der Waals surface area contributed by atoms with Crippen LogP contribution in [-0.2, 0) is 11.2 Å². The fraction of sp³-hybridized carbons (Fsp3) is 0.267. The van der Waals surface area contributed by atoms with Crippen LogP contribution in [0.1, 0.15) is 28.7 Å². The predicted octanol–water partition coefficient (Wildman–Crippen LogP) is 2.64. The van der Waals surface area contributed by atoms with E-state index in [1.54, 1.807) is 32.0 Å². The van der Waals surface area contributed by atoms with Gasteiger partial charge in [-0.25, -0.2) is 14.4 Å². The van der Waals surface area contributed by atoms with Gasteiger partial charge < -0.3 is 5.11 Å². The van der Waals surface area contributed by atoms with Gasteiger partial charge in [0.2, 0.25) is 0 Å². The van der Waals surface area contributed by atoms with Crippen LogP contribution in [-0.4, -0.2) is 21.0 Å². The normalized spacial score (nSPS) is 12.2. The van der Waals surface area contributed by atoms with Gasteiger partial charge in [0.05, 0.1) is 0 Å². The maximum atomic E-state index is 12.9. The highest BCUT2D eigenvalue weighted by atomic mass is 19.1. The van der Waals surface area contributed by atoms with Crippen LogP contribution in [0.5, 0.6) is 0 Å². The third-order valence-corrected chi connectivity index (χ3v) is 2.96. The zero-order chi connectivity index (χ0) is 14.7. The number of halogens is 1. The molecule has 0 aliphatic carbocycles. The number of nitrogens with zero attached hydrogens (tertiary/aromatic N) is 2. The van der Waals surface area contributed by atoms with Gasteiger partial charge in [0.25, 0.3) is 0 Å². The summed E-state index contributed by atoms with van der Waals surface area (Å²) in [4.78, 5) is 19.8. The zero-order valence-electron chi connectivity index (χ0n) is 11.3. The Bertz CT molecular complexity index is 606. The van der Waals surface area contributed by atoms with Crippen LogP contribution in [0.4, 0.5) is 4.39 Å². The van der Waals surface area contributed by atoms with Crippen LogP contribution in [0.25, 0.3) is 0 Å². The lowest BCUT2D eigenvalue weighted by molar-refractivity contribution is -0.139. The van der Waals surface area contributed by atoms with E-state index in [4.69, 9.17) is 0 Å². The Labute approximate surface area is 116 Å². The Balaban J connectivity index is 2.31. The van der Waals surface area contributed by atoms with Crippen LogP contribution in [0.15, 0.2) is 30.3 Å². The molecule has 1 N–H and O–H groups in total. The molecule has 2 rings (SSSR count). The molecule has 0 aliphatic heterocycles. The minimum Gasteiger partial charge on any atom is -0.481 e. The van der Waals surface area contributed by atoms with Gasteiger partial charge in [-0.3, -0.25) is 4.79 Å². The molecule has 1 atom stereocenters. The number of aryl methyl sites for hydroxylation is 2. The van der Waals surface area contributed by atoms with Crippen LogP contribution in [0.3, 0.4) is 0 Å². The van der Waals surface area contributed by atoms with Crippen LogP contribution in [0.2, 0.25) is 0 Å². The summed E-state index contributed by atoms with van der Waals surface area (Å²) in [6.07, 6.45) is 0.235. The van der Waals surface area contributed by atoms with Gasteiger partial charge >= 0.3 is 5.97 Å². The largest absolute Gasteiger partial charge is 0.481 e. The summed E-state index contributed by atoms with van der Waals surface area (Å²) in [6, 6.07) is 7.58. The van der Waals surface area contributed by atoms with Crippen LogP contribution in [0, 0.1) is 19.7 Å². The quantitative estimate of drug-likeness (QED) is 0.931. The van der Waals surface area contributed by atoms with Gasteiger partial charge in [0, 0.05) is 11.4 Å². The molecule has 0 aliphatic rings. The highest BCUT2D eigenvalue weighted by Gasteiger charge is 2.23. The summed E-state index contributed by atoms with van der Waals surface area (Å²) in [5.74, 6) is -1.87. The summed E-state index contributed by atoms with van der Waals surface area (Å²) in [7, 11) is 0. The molecule has 1 heterocycles. The standard InChI is InChI=1S/C15H15FN2O2/c1-9-7-10(2)18-14(17-9)13(15(19)20)8-11-3-5-12(16)6-4-11/h3-7,13H,8H2,1-2H3,(H,19,20). The van der Waals surface area contributed by atoms with E-state index in [0.717, 1.165) is 17.0 Å². The summed E-state index contributed by atoms with van der Waals surface area (Å²) in [6.45, 7) is 3.60. The summed E-state index contributed by atoms with van der Waals surface area (Å²) < 4.78 is 12.9. The molecule has 0 saturated heterocycles. The van der Waals surface area contributed by atoms with Crippen molar-refractivity contribution < 1.29 is 14.3 Å². The number of rotatable bonds is 4. The summed E-state index contributed by atoms with van der Waals surface area (Å²) >= 11 is 0. The zero-order valence-corrected chi connectivity index (χ0v) is 11.3. The number of carbonyl (C=O) groups is 1. The van der Waals surface area contributed by atoms with E-state index >= 15 is 0 Å². The SMILES string of the molecule is Cc1cc(C)nc(C(Cc2ccc(F)cc2)C(=O)O)n1. The summed E-state index contributed by atoms with van der Waals surface area (Å²) in [5, 5.41) is 9.37. The van der Waals surface area contributed by atoms with E-state index in [9.17, 15) is 14.3 Å². The number of hydrogen-bond acceptors (Lipinski definition) is 3. The Hall–Kier alpha value is -2.30. The second-order valence-corrected chi connectivity index (χ2v) is 4.73. The number of hydrogen-bond donors (Lipinski definition) is 1. The van der Waals surface area contributed by atoms with Gasteiger partial charge in [-0.15, -0.1) is 0 Å². The van der Waals surface area contributed by atoms with Gasteiger partial charge in [-0.05, 0) is 44.0 Å². The molecule has 0 bridgehead atoms. The highest BCUT2D eigenvalue weighted by Crippen LogP contribution is 2.19. The second kappa shape index (κ2) is 5.77. The molecule has 0 fully saturated rings. The topological polar surface area (TPSA) is 63.1 Å². The maximum Gasteiger partial charge on any atom is 0.314 e. The van der Waals surface area contributed by atoms with E-state index < -0.39 is 11.9 Å². The first kappa shape index (κ1) is 14.1. The smallest absolute Gasteiger partial charge is 0.314 e. The third kappa shape index (κ3) is 3.38. The first-order valence-electron chi connectivity index (χ1n) is 6.25. The highest BCUT2D eigenvalue weighted by molar-refractivity contribution is 5.75. The van der Waals surface area contributed by atoms with E-state index in [-0.39, 0.29) is 12.2 Å².